The summed E-state index contributed by atoms with van der Waals surface area (Å²) in [4.78, 5) is 4.61. The van der Waals surface area contributed by atoms with Gasteiger partial charge in [-0.3, -0.25) is 0 Å². The number of nitrogens with zero attached hydrogens (tertiary/aromatic N) is 4. The van der Waals surface area contributed by atoms with Gasteiger partial charge < -0.3 is 15.2 Å². The number of guanidine groups is 1. The van der Waals surface area contributed by atoms with Crippen molar-refractivity contribution in [1.29, 1.82) is 0 Å². The minimum absolute atomic E-state index is 0. The molecule has 6 nitrogen and oxygen atoms in total. The molecule has 0 fully saturated rings. The van der Waals surface area contributed by atoms with Gasteiger partial charge >= 0.3 is 0 Å². The van der Waals surface area contributed by atoms with Crippen molar-refractivity contribution in [2.45, 2.75) is 26.9 Å². The van der Waals surface area contributed by atoms with E-state index in [0.717, 1.165) is 17.6 Å². The summed E-state index contributed by atoms with van der Waals surface area (Å²) in [6.45, 7) is 9.57. The van der Waals surface area contributed by atoms with Crippen molar-refractivity contribution in [3.63, 3.8) is 0 Å². The molecule has 1 heterocycles. The zero-order valence-electron chi connectivity index (χ0n) is 14.4. The van der Waals surface area contributed by atoms with E-state index in [1.807, 2.05) is 24.6 Å². The van der Waals surface area contributed by atoms with E-state index in [2.05, 4.69) is 57.5 Å². The number of aromatic nitrogens is 3. The van der Waals surface area contributed by atoms with E-state index in [9.17, 15) is 0 Å². The molecule has 1 aromatic heterocycles. The fraction of sp³-hybridized carbons (Fsp3) is 0.353. The molecule has 0 spiro atoms. The number of halogens is 1. The minimum Gasteiger partial charge on any atom is -0.353 e. The molecule has 0 amide bonds. The van der Waals surface area contributed by atoms with Crippen LogP contribution in [0.1, 0.15) is 22.8 Å². The molecule has 0 radical (unpaired) electrons. The predicted octanol–water partition coefficient (Wildman–Crippen LogP) is 2.47. The smallest absolute Gasteiger partial charge is 0.192 e. The quantitative estimate of drug-likeness (QED) is 0.314. The summed E-state index contributed by atoms with van der Waals surface area (Å²) >= 11 is 0. The van der Waals surface area contributed by atoms with Crippen molar-refractivity contribution < 1.29 is 0 Å². The van der Waals surface area contributed by atoms with Crippen LogP contribution in [0.3, 0.4) is 0 Å². The average Bonchev–Trinajstić information content (AvgIpc) is 2.86. The molecule has 2 rings (SSSR count). The Morgan fingerprint density at radius 3 is 2.71 bits per heavy atom. The highest BCUT2D eigenvalue weighted by molar-refractivity contribution is 14.0. The van der Waals surface area contributed by atoms with Crippen molar-refractivity contribution in [2.75, 3.05) is 6.54 Å². The van der Waals surface area contributed by atoms with Crippen molar-refractivity contribution in [2.24, 2.45) is 12.0 Å². The molecule has 0 aliphatic heterocycles. The van der Waals surface area contributed by atoms with Gasteiger partial charge in [0.1, 0.15) is 5.82 Å². The molecule has 0 unspecified atom stereocenters. The van der Waals surface area contributed by atoms with Crippen molar-refractivity contribution in [3.8, 4) is 0 Å². The maximum Gasteiger partial charge on any atom is 0.192 e. The van der Waals surface area contributed by atoms with E-state index in [0.29, 0.717) is 19.6 Å². The highest BCUT2D eigenvalue weighted by atomic mass is 127. The second-order valence-corrected chi connectivity index (χ2v) is 5.40. The van der Waals surface area contributed by atoms with Crippen LogP contribution in [-0.2, 0) is 20.1 Å². The summed E-state index contributed by atoms with van der Waals surface area (Å²) in [6, 6.07) is 8.35. The van der Waals surface area contributed by atoms with E-state index >= 15 is 0 Å². The van der Waals surface area contributed by atoms with Crippen LogP contribution in [0.2, 0.25) is 0 Å². The monoisotopic (exact) mass is 440 g/mol. The lowest BCUT2D eigenvalue weighted by atomic mass is 10.1. The number of rotatable bonds is 6. The first kappa shape index (κ1) is 20.1. The lowest BCUT2D eigenvalue weighted by molar-refractivity contribution is 0.721. The molecule has 1 aromatic carbocycles. The van der Waals surface area contributed by atoms with Gasteiger partial charge in [0.15, 0.2) is 11.8 Å². The zero-order valence-corrected chi connectivity index (χ0v) is 16.7. The molecule has 7 heteroatoms. The van der Waals surface area contributed by atoms with Crippen LogP contribution in [0.5, 0.6) is 0 Å². The summed E-state index contributed by atoms with van der Waals surface area (Å²) in [6.07, 6.45) is 1.80. The van der Waals surface area contributed by atoms with Gasteiger partial charge in [0, 0.05) is 13.6 Å². The summed E-state index contributed by atoms with van der Waals surface area (Å²) in [5.41, 5.74) is 2.42. The Labute approximate surface area is 160 Å². The molecule has 2 aromatic rings. The molecular weight excluding hydrogens is 415 g/mol. The van der Waals surface area contributed by atoms with Crippen molar-refractivity contribution >= 4 is 29.9 Å². The van der Waals surface area contributed by atoms with Crippen LogP contribution in [0.15, 0.2) is 41.9 Å². The fourth-order valence-corrected chi connectivity index (χ4v) is 2.09. The maximum atomic E-state index is 4.61. The van der Waals surface area contributed by atoms with Gasteiger partial charge in [0.05, 0.1) is 13.1 Å². The van der Waals surface area contributed by atoms with Gasteiger partial charge in [0.25, 0.3) is 0 Å². The third kappa shape index (κ3) is 5.95. The predicted molar refractivity (Wildman–Crippen MR) is 109 cm³/mol. The summed E-state index contributed by atoms with van der Waals surface area (Å²) < 4.78 is 1.96. The van der Waals surface area contributed by atoms with Gasteiger partial charge in [0.2, 0.25) is 0 Å². The number of aliphatic imine (C=N–C) groups is 1. The van der Waals surface area contributed by atoms with Crippen LogP contribution in [0.4, 0.5) is 0 Å². The van der Waals surface area contributed by atoms with Gasteiger partial charge in [-0.05, 0) is 19.4 Å². The molecule has 0 atom stereocenters. The molecule has 0 saturated carbocycles. The molecular formula is C17H25IN6. The second-order valence-electron chi connectivity index (χ2n) is 5.40. The topological polar surface area (TPSA) is 67.1 Å². The molecule has 0 aliphatic carbocycles. The Hall–Kier alpha value is -1.90. The first-order valence-corrected chi connectivity index (χ1v) is 7.63. The zero-order chi connectivity index (χ0) is 16.7. The van der Waals surface area contributed by atoms with Gasteiger partial charge in [-0.1, -0.05) is 35.9 Å². The molecule has 0 bridgehead atoms. The first-order valence-electron chi connectivity index (χ1n) is 7.63. The van der Waals surface area contributed by atoms with Crippen LogP contribution in [0.25, 0.3) is 0 Å². The maximum absolute atomic E-state index is 4.61. The van der Waals surface area contributed by atoms with E-state index < -0.39 is 0 Å². The molecule has 0 saturated heterocycles. The van der Waals surface area contributed by atoms with E-state index in [-0.39, 0.29) is 24.0 Å². The van der Waals surface area contributed by atoms with Gasteiger partial charge in [-0.25, -0.2) is 4.99 Å². The van der Waals surface area contributed by atoms with E-state index in [1.165, 1.54) is 11.1 Å². The minimum atomic E-state index is 0. The third-order valence-electron chi connectivity index (χ3n) is 3.51. The van der Waals surface area contributed by atoms with Crippen LogP contribution in [-0.4, -0.2) is 27.3 Å². The lowest BCUT2D eigenvalue weighted by Crippen LogP contribution is -2.37. The van der Waals surface area contributed by atoms with Crippen LogP contribution < -0.4 is 10.6 Å². The fourth-order valence-electron chi connectivity index (χ4n) is 2.09. The summed E-state index contributed by atoms with van der Waals surface area (Å²) in [5.74, 6) is 2.48. The van der Waals surface area contributed by atoms with Gasteiger partial charge in [-0.15, -0.1) is 40.8 Å². The Morgan fingerprint density at radius 1 is 1.29 bits per heavy atom. The Morgan fingerprint density at radius 2 is 2.08 bits per heavy atom. The largest absolute Gasteiger partial charge is 0.353 e. The second kappa shape index (κ2) is 10.1. The number of hydrogen-bond donors (Lipinski definition) is 2. The normalized spacial score (nSPS) is 10.9. The van der Waals surface area contributed by atoms with E-state index in [4.69, 9.17) is 0 Å². The van der Waals surface area contributed by atoms with Crippen LogP contribution >= 0.6 is 24.0 Å². The molecule has 24 heavy (non-hydrogen) atoms. The van der Waals surface area contributed by atoms with E-state index in [1.54, 1.807) is 6.08 Å². The highest BCUT2D eigenvalue weighted by Crippen LogP contribution is 2.05. The molecule has 130 valence electrons. The third-order valence-corrected chi connectivity index (χ3v) is 3.51. The SMILES string of the molecule is C=CCNC(=NCc1cccc(C)c1)NCc1nnc(C)n1C.I. The van der Waals surface area contributed by atoms with Gasteiger partial charge in [-0.2, -0.15) is 0 Å². The van der Waals surface area contributed by atoms with Crippen molar-refractivity contribution in [3.05, 3.63) is 59.7 Å². The number of hydrogen-bond acceptors (Lipinski definition) is 3. The Balaban J connectivity index is 0.00000288. The standard InChI is InChI=1S/C17H24N6.HI/c1-5-9-18-17(19-11-15-8-6-7-13(2)10-15)20-12-16-22-21-14(3)23(16)4;/h5-8,10H,1,9,11-12H2,2-4H3,(H2,18,19,20);1H. The summed E-state index contributed by atoms with van der Waals surface area (Å²) in [5, 5.41) is 14.7. The van der Waals surface area contributed by atoms with Crippen LogP contribution in [0, 0.1) is 13.8 Å². The first-order chi connectivity index (χ1) is 11.1. The summed E-state index contributed by atoms with van der Waals surface area (Å²) in [7, 11) is 1.95. The number of nitrogens with one attached hydrogen (secondary N) is 2. The Bertz CT molecular complexity index is 692. The number of aryl methyl sites for hydroxylation is 2. The average molecular weight is 440 g/mol. The van der Waals surface area contributed by atoms with Crippen molar-refractivity contribution in [1.82, 2.24) is 25.4 Å². The lowest BCUT2D eigenvalue weighted by Gasteiger charge is -2.11. The number of benzene rings is 1. The highest BCUT2D eigenvalue weighted by Gasteiger charge is 2.05. The molecule has 0 aliphatic rings. The molecule has 2 N–H and O–H groups in total. The Kier molecular flexibility index (Phi) is 8.45.